The van der Waals surface area contributed by atoms with E-state index in [0.29, 0.717) is 43.7 Å². The van der Waals surface area contributed by atoms with Crippen LogP contribution in [-0.2, 0) is 52.3 Å². The standard InChI is InChI=1S/C43H72N2O11/c1-12-27-14-13-15-35(56-38-17-16-34(45(7)8)26(5)52-38)23(2)41(47)33-20-30-29-18-28(55-43(36(51-11)22-49-9)53-25(4)24(3)50-10)19-32(29)40(44-6)42(48)39(30)31(33)21-37(46)54-27/h20,23-32,34-36,38-40,43-44H,12-19,21-22H2,1-11H3/t23-,24-,25?,26?,27+,28+,29+,30?,31-,32?,34+,35+,36+,38+,39-,40?,43?/m1/s1. The van der Waals surface area contributed by atoms with Crippen LogP contribution < -0.4 is 5.32 Å². The van der Waals surface area contributed by atoms with Crippen molar-refractivity contribution in [2.75, 3.05) is 49.1 Å². The average Bonchev–Trinajstić information content (AvgIpc) is 3.76. The number of cyclic esters (lactones) is 1. The number of ether oxygens (including phenoxy) is 8. The van der Waals surface area contributed by atoms with Gasteiger partial charge in [0.1, 0.15) is 12.2 Å². The third kappa shape index (κ3) is 10.1. The van der Waals surface area contributed by atoms with Gasteiger partial charge in [-0.25, -0.2) is 0 Å². The number of carbonyl (C=O) groups is 3. The Labute approximate surface area is 335 Å². The summed E-state index contributed by atoms with van der Waals surface area (Å²) in [6, 6.07) is -0.151. The van der Waals surface area contributed by atoms with Crippen LogP contribution in [0.2, 0.25) is 0 Å². The predicted molar refractivity (Wildman–Crippen MR) is 210 cm³/mol. The van der Waals surface area contributed by atoms with Crippen molar-refractivity contribution in [3.8, 4) is 0 Å². The minimum absolute atomic E-state index is 0.00671. The highest BCUT2D eigenvalue weighted by molar-refractivity contribution is 6.01. The molecule has 5 rings (SSSR count). The molecule has 3 aliphatic carbocycles. The van der Waals surface area contributed by atoms with E-state index in [0.717, 1.165) is 19.3 Å². The highest BCUT2D eigenvalue weighted by Gasteiger charge is 2.59. The van der Waals surface area contributed by atoms with Gasteiger partial charge in [0.2, 0.25) is 0 Å². The van der Waals surface area contributed by atoms with E-state index in [4.69, 9.17) is 37.9 Å². The Morgan fingerprint density at radius 3 is 2.32 bits per heavy atom. The summed E-state index contributed by atoms with van der Waals surface area (Å²) < 4.78 is 49.1. The van der Waals surface area contributed by atoms with Gasteiger partial charge in [0.05, 0.1) is 49.6 Å². The van der Waals surface area contributed by atoms with Crippen molar-refractivity contribution in [2.45, 2.75) is 160 Å². The number of likely N-dealkylation sites (N-methyl/N-ethyl adjacent to an activating group) is 2. The fourth-order valence-electron chi connectivity index (χ4n) is 10.4. The number of allylic oxidation sites excluding steroid dienone is 2. The van der Waals surface area contributed by atoms with E-state index in [9.17, 15) is 14.4 Å². The molecule has 4 fully saturated rings. The van der Waals surface area contributed by atoms with E-state index in [1.807, 2.05) is 40.8 Å². The number of hydrogen-bond donors (Lipinski definition) is 1. The second-order valence-corrected chi connectivity index (χ2v) is 17.3. The molecule has 0 amide bonds. The minimum Gasteiger partial charge on any atom is -0.462 e. The van der Waals surface area contributed by atoms with Crippen LogP contribution in [0, 0.1) is 35.5 Å². The lowest BCUT2D eigenvalue weighted by Crippen LogP contribution is -2.54. The van der Waals surface area contributed by atoms with Gasteiger partial charge in [-0.15, -0.1) is 0 Å². The number of nitrogens with zero attached hydrogens (tertiary/aromatic N) is 1. The summed E-state index contributed by atoms with van der Waals surface area (Å²) in [5.74, 6) is -2.20. The molecule has 1 N–H and O–H groups in total. The Morgan fingerprint density at radius 2 is 1.70 bits per heavy atom. The van der Waals surface area contributed by atoms with Gasteiger partial charge in [-0.2, -0.15) is 0 Å². The van der Waals surface area contributed by atoms with Crippen LogP contribution in [0.5, 0.6) is 0 Å². The Kier molecular flexibility index (Phi) is 16.5. The summed E-state index contributed by atoms with van der Waals surface area (Å²) in [6.07, 6.45) is 4.80. The van der Waals surface area contributed by atoms with E-state index in [1.54, 1.807) is 21.3 Å². The average molecular weight is 793 g/mol. The molecule has 17 atom stereocenters. The topological polar surface area (TPSA) is 140 Å². The first-order chi connectivity index (χ1) is 26.8. The lowest BCUT2D eigenvalue weighted by atomic mass is 9.63. The van der Waals surface area contributed by atoms with Gasteiger partial charge >= 0.3 is 5.97 Å². The lowest BCUT2D eigenvalue weighted by molar-refractivity contribution is -0.255. The fraction of sp³-hybridized carbons (Fsp3) is 0.884. The normalized spacial score (nSPS) is 39.0. The number of ketones is 2. The summed E-state index contributed by atoms with van der Waals surface area (Å²) in [5, 5.41) is 3.34. The molecular weight excluding hydrogens is 720 g/mol. The maximum atomic E-state index is 14.8. The Morgan fingerprint density at radius 1 is 0.964 bits per heavy atom. The molecule has 2 saturated carbocycles. The van der Waals surface area contributed by atoms with Gasteiger partial charge in [0.25, 0.3) is 0 Å². The summed E-state index contributed by atoms with van der Waals surface area (Å²) >= 11 is 0. The molecule has 2 saturated heterocycles. The molecular formula is C43H72N2O11. The van der Waals surface area contributed by atoms with Gasteiger partial charge < -0.3 is 48.1 Å². The van der Waals surface area contributed by atoms with Crippen molar-refractivity contribution in [1.29, 1.82) is 0 Å². The van der Waals surface area contributed by atoms with Gasteiger partial charge in [-0.1, -0.05) is 19.9 Å². The summed E-state index contributed by atoms with van der Waals surface area (Å²) in [4.78, 5) is 45.4. The zero-order valence-electron chi connectivity index (χ0n) is 35.9. The SMILES string of the molecule is CC[C@H]1CCC[C@H](O[C@H]2CC[C@H](N(C)C)C(C)O2)[C@@H](C)C(=O)C2=CC3[C@@H]4C[C@H](OC(OC(C)[C@@H](C)OC)[C@H](COC)OC)CC4C(NC)C(=O)[C@H]3[C@@H]2CC(=O)O1. The Balaban J connectivity index is 1.43. The molecule has 13 nitrogen and oxygen atoms in total. The van der Waals surface area contributed by atoms with E-state index >= 15 is 0 Å². The number of hydrogen-bond acceptors (Lipinski definition) is 13. The molecule has 0 aromatic rings. The predicted octanol–water partition coefficient (Wildman–Crippen LogP) is 4.73. The number of methoxy groups -OCH3 is 3. The van der Waals surface area contributed by atoms with Crippen molar-refractivity contribution >= 4 is 17.5 Å². The molecule has 2 heterocycles. The molecule has 56 heavy (non-hydrogen) atoms. The molecule has 13 heteroatoms. The zero-order chi connectivity index (χ0) is 40.8. The molecule has 0 spiro atoms. The molecule has 5 aliphatic rings. The van der Waals surface area contributed by atoms with Gasteiger partial charge in [0, 0.05) is 45.1 Å². The first-order valence-corrected chi connectivity index (χ1v) is 21.3. The minimum atomic E-state index is -0.736. The van der Waals surface area contributed by atoms with Crippen LogP contribution >= 0.6 is 0 Å². The highest BCUT2D eigenvalue weighted by atomic mass is 16.7. The second kappa shape index (κ2) is 20.4. The van der Waals surface area contributed by atoms with Crippen LogP contribution in [0.4, 0.5) is 0 Å². The lowest BCUT2D eigenvalue weighted by Gasteiger charge is -2.42. The van der Waals surface area contributed by atoms with Crippen LogP contribution in [-0.4, -0.2) is 139 Å². The number of nitrogens with one attached hydrogen (secondary N) is 1. The molecule has 2 aliphatic heterocycles. The maximum Gasteiger partial charge on any atom is 0.306 e. The number of fused-ring (bicyclic) bond motifs is 5. The van der Waals surface area contributed by atoms with Crippen LogP contribution in [0.25, 0.3) is 0 Å². The number of esters is 1. The molecule has 0 radical (unpaired) electrons. The molecule has 0 aromatic heterocycles. The highest BCUT2D eigenvalue weighted by Crippen LogP contribution is 2.55. The van der Waals surface area contributed by atoms with Crippen molar-refractivity contribution in [3.05, 3.63) is 11.6 Å². The number of Topliss-reactive ketones (excluding diaryl/α,β-unsaturated/α-hetero) is 2. The van der Waals surface area contributed by atoms with Crippen LogP contribution in [0.3, 0.4) is 0 Å². The van der Waals surface area contributed by atoms with E-state index in [-0.39, 0.29) is 84.9 Å². The van der Waals surface area contributed by atoms with Crippen molar-refractivity contribution < 1.29 is 52.3 Å². The molecule has 320 valence electrons. The van der Waals surface area contributed by atoms with Crippen LogP contribution in [0.1, 0.15) is 92.4 Å². The zero-order valence-corrected chi connectivity index (χ0v) is 35.9. The van der Waals surface area contributed by atoms with Crippen molar-refractivity contribution in [2.24, 2.45) is 35.5 Å². The summed E-state index contributed by atoms with van der Waals surface area (Å²) in [5.41, 5.74) is 0.564. The first-order valence-electron chi connectivity index (χ1n) is 21.3. The molecule has 0 aromatic carbocycles. The number of carbonyl (C=O) groups excluding carboxylic acids is 3. The Hall–Kier alpha value is -1.81. The van der Waals surface area contributed by atoms with Gasteiger partial charge in [0.15, 0.2) is 24.1 Å². The smallest absolute Gasteiger partial charge is 0.306 e. The third-order valence-electron chi connectivity index (χ3n) is 13.8. The van der Waals surface area contributed by atoms with Crippen molar-refractivity contribution in [3.63, 3.8) is 0 Å². The second-order valence-electron chi connectivity index (χ2n) is 17.3. The first kappa shape index (κ1) is 45.3. The largest absolute Gasteiger partial charge is 0.462 e. The van der Waals surface area contributed by atoms with E-state index in [2.05, 4.69) is 31.2 Å². The number of rotatable bonds is 15. The van der Waals surface area contributed by atoms with E-state index < -0.39 is 42.5 Å². The quantitative estimate of drug-likeness (QED) is 0.181. The maximum absolute atomic E-state index is 14.8. The molecule has 0 bridgehead atoms. The van der Waals surface area contributed by atoms with Crippen molar-refractivity contribution in [1.82, 2.24) is 10.2 Å². The summed E-state index contributed by atoms with van der Waals surface area (Å²) in [6.45, 7) is 10.2. The van der Waals surface area contributed by atoms with Gasteiger partial charge in [-0.3, -0.25) is 14.4 Å². The summed E-state index contributed by atoms with van der Waals surface area (Å²) in [7, 11) is 10.8. The van der Waals surface area contributed by atoms with E-state index in [1.165, 1.54) is 0 Å². The monoisotopic (exact) mass is 793 g/mol. The Bertz CT molecular complexity index is 1340. The third-order valence-corrected chi connectivity index (χ3v) is 13.8. The van der Waals surface area contributed by atoms with Gasteiger partial charge in [-0.05, 0) is 117 Å². The fourth-order valence-corrected chi connectivity index (χ4v) is 10.4. The molecule has 6 unspecified atom stereocenters. The van der Waals surface area contributed by atoms with Crippen LogP contribution in [0.15, 0.2) is 11.6 Å².